The Labute approximate surface area is 185 Å². The van der Waals surface area contributed by atoms with E-state index in [2.05, 4.69) is 20.8 Å². The van der Waals surface area contributed by atoms with Gasteiger partial charge in [-0.2, -0.15) is 0 Å². The van der Waals surface area contributed by atoms with Crippen LogP contribution in [0.3, 0.4) is 0 Å². The molecule has 3 N–H and O–H groups in total. The number of aliphatic imine (C=N–C) groups is 1. The fourth-order valence-corrected chi connectivity index (χ4v) is 4.59. The SMILES string of the molecule is Cc1cc2c(cn1)cc(-c1cc(NC3=NC(C4CCC(O)C4)ON3)ccc1C)c(=O)n2C. The van der Waals surface area contributed by atoms with Crippen LogP contribution in [0.15, 0.2) is 46.3 Å². The number of hydrogen-bond acceptors (Lipinski definition) is 7. The van der Waals surface area contributed by atoms with Gasteiger partial charge in [-0.15, -0.1) is 0 Å². The fraction of sp³-hybridized carbons (Fsp3) is 0.375. The van der Waals surface area contributed by atoms with Gasteiger partial charge < -0.3 is 15.0 Å². The molecule has 5 rings (SSSR count). The molecule has 8 nitrogen and oxygen atoms in total. The third kappa shape index (κ3) is 3.76. The molecule has 8 heteroatoms. The number of pyridine rings is 2. The molecule has 3 aromatic rings. The maximum atomic E-state index is 13.2. The Morgan fingerprint density at radius 2 is 2.03 bits per heavy atom. The molecule has 32 heavy (non-hydrogen) atoms. The van der Waals surface area contributed by atoms with Crippen molar-refractivity contribution in [3.8, 4) is 11.1 Å². The lowest BCUT2D eigenvalue weighted by molar-refractivity contribution is -0.000554. The molecule has 1 aliphatic heterocycles. The van der Waals surface area contributed by atoms with E-state index in [1.807, 2.05) is 44.2 Å². The molecule has 0 spiro atoms. The first kappa shape index (κ1) is 20.7. The average molecular weight is 434 g/mol. The Morgan fingerprint density at radius 1 is 1.19 bits per heavy atom. The van der Waals surface area contributed by atoms with Crippen molar-refractivity contribution in [3.63, 3.8) is 0 Å². The van der Waals surface area contributed by atoms with E-state index in [9.17, 15) is 9.90 Å². The van der Waals surface area contributed by atoms with Gasteiger partial charge in [-0.25, -0.2) is 15.3 Å². The highest BCUT2D eigenvalue weighted by Gasteiger charge is 2.33. The van der Waals surface area contributed by atoms with Crippen LogP contribution >= 0.6 is 0 Å². The molecule has 0 bridgehead atoms. The Bertz CT molecular complexity index is 1280. The van der Waals surface area contributed by atoms with Crippen LogP contribution in [0.1, 0.15) is 30.5 Å². The Kier molecular flexibility index (Phi) is 5.19. The fourth-order valence-electron chi connectivity index (χ4n) is 4.59. The lowest BCUT2D eigenvalue weighted by Gasteiger charge is -2.13. The van der Waals surface area contributed by atoms with Gasteiger partial charge in [0.05, 0.1) is 11.6 Å². The molecule has 2 aliphatic rings. The summed E-state index contributed by atoms with van der Waals surface area (Å²) in [6.45, 7) is 3.91. The van der Waals surface area contributed by atoms with Crippen molar-refractivity contribution in [1.82, 2.24) is 15.0 Å². The summed E-state index contributed by atoms with van der Waals surface area (Å²) in [7, 11) is 1.79. The minimum atomic E-state index is -0.302. The number of rotatable bonds is 3. The van der Waals surface area contributed by atoms with Crippen molar-refractivity contribution in [2.24, 2.45) is 18.0 Å². The van der Waals surface area contributed by atoms with Gasteiger partial charge in [-0.1, -0.05) is 6.07 Å². The number of hydrogen-bond donors (Lipinski definition) is 3. The molecule has 3 heterocycles. The van der Waals surface area contributed by atoms with Crippen LogP contribution in [-0.2, 0) is 11.9 Å². The molecule has 1 aromatic carbocycles. The minimum absolute atomic E-state index is 0.0529. The number of aliphatic hydroxyl groups is 1. The van der Waals surface area contributed by atoms with Crippen LogP contribution in [0.5, 0.6) is 0 Å². The second-order valence-corrected chi connectivity index (χ2v) is 8.78. The molecule has 0 saturated heterocycles. The van der Waals surface area contributed by atoms with E-state index in [-0.39, 0.29) is 23.8 Å². The quantitative estimate of drug-likeness (QED) is 0.587. The maximum Gasteiger partial charge on any atom is 0.258 e. The number of nitrogens with one attached hydrogen (secondary N) is 2. The summed E-state index contributed by atoms with van der Waals surface area (Å²) in [5, 5.41) is 13.9. The third-order valence-corrected chi connectivity index (χ3v) is 6.42. The predicted octanol–water partition coefficient (Wildman–Crippen LogP) is 3.01. The lowest BCUT2D eigenvalue weighted by atomic mass is 9.99. The number of fused-ring (bicyclic) bond motifs is 1. The lowest BCUT2D eigenvalue weighted by Crippen LogP contribution is -2.26. The number of guanidine groups is 1. The molecule has 0 radical (unpaired) electrons. The van der Waals surface area contributed by atoms with Crippen molar-refractivity contribution in [2.75, 3.05) is 5.32 Å². The first-order valence-electron chi connectivity index (χ1n) is 10.9. The highest BCUT2D eigenvalue weighted by atomic mass is 16.7. The summed E-state index contributed by atoms with van der Waals surface area (Å²) in [5.41, 5.74) is 7.83. The summed E-state index contributed by atoms with van der Waals surface area (Å²) in [6, 6.07) is 9.72. The zero-order valence-electron chi connectivity index (χ0n) is 18.4. The Balaban J connectivity index is 1.46. The highest BCUT2D eigenvalue weighted by Crippen LogP contribution is 2.32. The molecule has 0 amide bonds. The standard InChI is InChI=1S/C24H27N5O3/c1-13-4-6-17(26-24-27-22(32-28-24)15-5-7-18(30)9-15)11-19(13)20-10-16-12-25-14(2)8-21(16)29(3)23(20)31/h4,6,8,10-12,15,18,22,30H,5,7,9H2,1-3H3,(H2,26,27,28). The van der Waals surface area contributed by atoms with Gasteiger partial charge in [0.2, 0.25) is 5.96 Å². The zero-order chi connectivity index (χ0) is 22.4. The maximum absolute atomic E-state index is 13.2. The van der Waals surface area contributed by atoms with Crippen LogP contribution in [0, 0.1) is 19.8 Å². The van der Waals surface area contributed by atoms with E-state index in [0.29, 0.717) is 17.9 Å². The number of aromatic nitrogens is 2. The minimum Gasteiger partial charge on any atom is -0.393 e. The van der Waals surface area contributed by atoms with Gasteiger partial charge in [0.1, 0.15) is 0 Å². The first-order chi connectivity index (χ1) is 15.4. The molecule has 1 fully saturated rings. The summed E-state index contributed by atoms with van der Waals surface area (Å²) in [5.74, 6) is 0.737. The van der Waals surface area contributed by atoms with Gasteiger partial charge in [0.25, 0.3) is 5.56 Å². The number of nitrogens with zero attached hydrogens (tertiary/aromatic N) is 3. The molecule has 1 aliphatic carbocycles. The Morgan fingerprint density at radius 3 is 2.81 bits per heavy atom. The summed E-state index contributed by atoms with van der Waals surface area (Å²) >= 11 is 0. The molecule has 166 valence electrons. The number of benzene rings is 1. The first-order valence-corrected chi connectivity index (χ1v) is 10.9. The van der Waals surface area contributed by atoms with E-state index in [1.54, 1.807) is 17.8 Å². The van der Waals surface area contributed by atoms with Gasteiger partial charge in [0.15, 0.2) is 6.23 Å². The molecule has 3 atom stereocenters. The predicted molar refractivity (Wildman–Crippen MR) is 124 cm³/mol. The van der Waals surface area contributed by atoms with Gasteiger partial charge in [-0.3, -0.25) is 9.78 Å². The van der Waals surface area contributed by atoms with E-state index in [1.165, 1.54) is 0 Å². The Hall–Kier alpha value is -3.23. The van der Waals surface area contributed by atoms with Gasteiger partial charge in [0, 0.05) is 41.5 Å². The van der Waals surface area contributed by atoms with Crippen LogP contribution in [0.2, 0.25) is 0 Å². The van der Waals surface area contributed by atoms with Crippen molar-refractivity contribution in [3.05, 3.63) is 58.1 Å². The number of hydroxylamine groups is 1. The summed E-state index contributed by atoms with van der Waals surface area (Å²) in [6.07, 6.45) is 3.64. The van der Waals surface area contributed by atoms with Crippen LogP contribution in [0.25, 0.3) is 22.0 Å². The number of aliphatic hydroxyl groups excluding tert-OH is 1. The average Bonchev–Trinajstić information content (AvgIpc) is 3.41. The monoisotopic (exact) mass is 433 g/mol. The summed E-state index contributed by atoms with van der Waals surface area (Å²) in [4.78, 5) is 27.8. The van der Waals surface area contributed by atoms with Gasteiger partial charge >= 0.3 is 0 Å². The highest BCUT2D eigenvalue weighted by molar-refractivity contribution is 5.94. The second-order valence-electron chi connectivity index (χ2n) is 8.78. The van der Waals surface area contributed by atoms with Crippen molar-refractivity contribution in [2.45, 2.75) is 45.4 Å². The largest absolute Gasteiger partial charge is 0.393 e. The van der Waals surface area contributed by atoms with Crippen molar-refractivity contribution < 1.29 is 9.94 Å². The molecule has 2 aromatic heterocycles. The van der Waals surface area contributed by atoms with Crippen LogP contribution < -0.4 is 16.4 Å². The van der Waals surface area contributed by atoms with Crippen molar-refractivity contribution in [1.29, 1.82) is 0 Å². The molecule has 3 unspecified atom stereocenters. The number of aryl methyl sites for hydroxylation is 3. The summed E-state index contributed by atoms with van der Waals surface area (Å²) < 4.78 is 1.68. The zero-order valence-corrected chi connectivity index (χ0v) is 18.4. The normalized spacial score (nSPS) is 22.8. The van der Waals surface area contributed by atoms with E-state index < -0.39 is 0 Å². The van der Waals surface area contributed by atoms with Gasteiger partial charge in [-0.05, 0) is 68.5 Å². The number of anilines is 1. The van der Waals surface area contributed by atoms with Crippen LogP contribution in [0.4, 0.5) is 5.69 Å². The third-order valence-electron chi connectivity index (χ3n) is 6.42. The topological polar surface area (TPSA) is 101 Å². The van der Waals surface area contributed by atoms with E-state index >= 15 is 0 Å². The second kappa shape index (κ2) is 8.03. The van der Waals surface area contributed by atoms with Crippen molar-refractivity contribution >= 4 is 22.5 Å². The molecular formula is C24H27N5O3. The van der Waals surface area contributed by atoms with Crippen LogP contribution in [-0.4, -0.2) is 32.9 Å². The smallest absolute Gasteiger partial charge is 0.258 e. The van der Waals surface area contributed by atoms with E-state index in [4.69, 9.17) is 4.84 Å². The molecular weight excluding hydrogens is 406 g/mol. The van der Waals surface area contributed by atoms with E-state index in [0.717, 1.165) is 46.3 Å². The molecule has 1 saturated carbocycles.